The van der Waals surface area contributed by atoms with E-state index in [1.165, 1.54) is 18.4 Å². The van der Waals surface area contributed by atoms with E-state index in [1.807, 2.05) is 23.6 Å². The predicted octanol–water partition coefficient (Wildman–Crippen LogP) is 2.26. The second kappa shape index (κ2) is 7.69. The molecule has 1 aliphatic rings. The molecule has 0 radical (unpaired) electrons. The van der Waals surface area contributed by atoms with Gasteiger partial charge in [-0.2, -0.15) is 4.99 Å². The average Bonchev–Trinajstić information content (AvgIpc) is 2.93. The number of hydrogen-bond donors (Lipinski definition) is 0. The lowest BCUT2D eigenvalue weighted by atomic mass is 10.2. The summed E-state index contributed by atoms with van der Waals surface area (Å²) in [5, 5.41) is 0. The van der Waals surface area contributed by atoms with Crippen molar-refractivity contribution < 1.29 is 23.8 Å². The van der Waals surface area contributed by atoms with Crippen molar-refractivity contribution in [1.82, 2.24) is 4.57 Å². The molecule has 25 heavy (non-hydrogen) atoms. The first-order chi connectivity index (χ1) is 12.1. The minimum absolute atomic E-state index is 0.168. The second-order valence-electron chi connectivity index (χ2n) is 5.58. The second-order valence-corrected chi connectivity index (χ2v) is 6.59. The molecule has 1 aromatic carbocycles. The molecule has 134 valence electrons. The molecule has 2 aromatic rings. The molecule has 2 heterocycles. The number of fused-ring (bicyclic) bond motifs is 2. The van der Waals surface area contributed by atoms with Gasteiger partial charge < -0.3 is 18.8 Å². The fraction of sp³-hybridized carbons (Fsp3) is 0.471. The number of aromatic nitrogens is 1. The summed E-state index contributed by atoms with van der Waals surface area (Å²) in [4.78, 5) is 28.3. The van der Waals surface area contributed by atoms with Gasteiger partial charge in [-0.15, -0.1) is 0 Å². The molecule has 0 atom stereocenters. The number of aryl methyl sites for hydroxylation is 1. The topological polar surface area (TPSA) is 79.1 Å². The van der Waals surface area contributed by atoms with Crippen molar-refractivity contribution in [2.75, 3.05) is 20.3 Å². The third-order valence-electron chi connectivity index (χ3n) is 3.80. The van der Waals surface area contributed by atoms with Crippen molar-refractivity contribution >= 4 is 33.4 Å². The number of esters is 1. The molecule has 8 heteroatoms. The number of hydrogen-bond acceptors (Lipinski definition) is 6. The minimum atomic E-state index is -0.310. The van der Waals surface area contributed by atoms with Crippen LogP contribution in [0.1, 0.15) is 26.2 Å². The highest BCUT2D eigenvalue weighted by Gasteiger charge is 2.17. The highest BCUT2D eigenvalue weighted by molar-refractivity contribution is 7.16. The van der Waals surface area contributed by atoms with Crippen molar-refractivity contribution in [3.8, 4) is 11.5 Å². The molecule has 0 unspecified atom stereocenters. The summed E-state index contributed by atoms with van der Waals surface area (Å²) in [5.74, 6) is 0.870. The van der Waals surface area contributed by atoms with Crippen LogP contribution in [0.15, 0.2) is 17.1 Å². The van der Waals surface area contributed by atoms with Crippen LogP contribution in [0.25, 0.3) is 10.2 Å². The number of amides is 1. The number of nitrogens with zero attached hydrogens (tertiary/aromatic N) is 2. The van der Waals surface area contributed by atoms with Crippen LogP contribution >= 0.6 is 11.3 Å². The molecule has 0 spiro atoms. The fourth-order valence-electron chi connectivity index (χ4n) is 2.59. The SMILES string of the molecule is CCCC(=O)N=c1sc2cc3c(cc2n1CCC(=O)OC)OCCO3. The van der Waals surface area contributed by atoms with Crippen LogP contribution in [0, 0.1) is 0 Å². The van der Waals surface area contributed by atoms with Gasteiger partial charge in [0, 0.05) is 25.1 Å². The number of rotatable bonds is 5. The van der Waals surface area contributed by atoms with E-state index in [2.05, 4.69) is 4.99 Å². The van der Waals surface area contributed by atoms with Gasteiger partial charge in [0.2, 0.25) is 5.91 Å². The lowest BCUT2D eigenvalue weighted by Gasteiger charge is -2.18. The predicted molar refractivity (Wildman–Crippen MR) is 92.9 cm³/mol. The first-order valence-corrected chi connectivity index (χ1v) is 9.01. The van der Waals surface area contributed by atoms with Crippen LogP contribution in [0.4, 0.5) is 0 Å². The maximum atomic E-state index is 12.0. The van der Waals surface area contributed by atoms with Crippen molar-refractivity contribution in [3.05, 3.63) is 16.9 Å². The van der Waals surface area contributed by atoms with Gasteiger partial charge in [-0.25, -0.2) is 0 Å². The number of thiazole rings is 1. The Bertz CT molecular complexity index is 868. The summed E-state index contributed by atoms with van der Waals surface area (Å²) in [7, 11) is 1.36. The first-order valence-electron chi connectivity index (χ1n) is 8.19. The van der Waals surface area contributed by atoms with Gasteiger partial charge in [0.25, 0.3) is 0 Å². The molecular weight excluding hydrogens is 344 g/mol. The summed E-state index contributed by atoms with van der Waals surface area (Å²) < 4.78 is 18.8. The zero-order chi connectivity index (χ0) is 17.8. The fourth-order valence-corrected chi connectivity index (χ4v) is 3.67. The first kappa shape index (κ1) is 17.5. The summed E-state index contributed by atoms with van der Waals surface area (Å²) in [5.41, 5.74) is 0.862. The number of methoxy groups -OCH3 is 1. The van der Waals surface area contributed by atoms with Gasteiger partial charge in [-0.1, -0.05) is 18.3 Å². The molecule has 1 aliphatic heterocycles. The van der Waals surface area contributed by atoms with Gasteiger partial charge >= 0.3 is 5.97 Å². The molecule has 3 rings (SSSR count). The Kier molecular flexibility index (Phi) is 5.37. The average molecular weight is 364 g/mol. The number of ether oxygens (including phenoxy) is 3. The van der Waals surface area contributed by atoms with Gasteiger partial charge in [0.05, 0.1) is 23.7 Å². The Balaban J connectivity index is 2.08. The smallest absolute Gasteiger partial charge is 0.307 e. The van der Waals surface area contributed by atoms with Gasteiger partial charge in [-0.3, -0.25) is 9.59 Å². The Hall–Kier alpha value is -2.35. The Morgan fingerprint density at radius 3 is 2.64 bits per heavy atom. The molecule has 0 N–H and O–H groups in total. The lowest BCUT2D eigenvalue weighted by Crippen LogP contribution is -2.19. The van der Waals surface area contributed by atoms with Gasteiger partial charge in [-0.05, 0) is 6.42 Å². The van der Waals surface area contributed by atoms with Crippen LogP contribution in [0.5, 0.6) is 11.5 Å². The molecule has 0 saturated carbocycles. The molecule has 1 aromatic heterocycles. The molecule has 7 nitrogen and oxygen atoms in total. The van der Waals surface area contributed by atoms with E-state index in [0.29, 0.717) is 42.5 Å². The quantitative estimate of drug-likeness (QED) is 0.761. The van der Waals surface area contributed by atoms with E-state index in [-0.39, 0.29) is 18.3 Å². The van der Waals surface area contributed by atoms with Crippen LogP contribution in [0.3, 0.4) is 0 Å². The van der Waals surface area contributed by atoms with Crippen molar-refractivity contribution in [2.24, 2.45) is 4.99 Å². The van der Waals surface area contributed by atoms with E-state index in [0.717, 1.165) is 16.6 Å². The molecule has 0 bridgehead atoms. The normalized spacial score (nSPS) is 13.9. The lowest BCUT2D eigenvalue weighted by molar-refractivity contribution is -0.140. The minimum Gasteiger partial charge on any atom is -0.486 e. The third-order valence-corrected chi connectivity index (χ3v) is 4.84. The molecular formula is C17H20N2O5S. The Labute approximate surface area is 148 Å². The van der Waals surface area contributed by atoms with E-state index < -0.39 is 0 Å². The zero-order valence-electron chi connectivity index (χ0n) is 14.2. The molecule has 1 amide bonds. The van der Waals surface area contributed by atoms with Crippen molar-refractivity contribution in [1.29, 1.82) is 0 Å². The van der Waals surface area contributed by atoms with E-state index in [1.54, 1.807) is 0 Å². The van der Waals surface area contributed by atoms with Gasteiger partial charge in [0.15, 0.2) is 16.3 Å². The number of carbonyl (C=O) groups is 2. The Morgan fingerprint density at radius 2 is 1.96 bits per heavy atom. The zero-order valence-corrected chi connectivity index (χ0v) is 15.1. The standard InChI is InChI=1S/C17H20N2O5S/c1-3-4-15(20)18-17-19(6-5-16(21)22-2)11-9-12-13(10-14(11)25-17)24-8-7-23-12/h9-10H,3-8H2,1-2H3. The maximum absolute atomic E-state index is 12.0. The van der Waals surface area contributed by atoms with Crippen LogP contribution in [0.2, 0.25) is 0 Å². The summed E-state index contributed by atoms with van der Waals surface area (Å²) in [6, 6.07) is 3.77. The van der Waals surface area contributed by atoms with Crippen LogP contribution in [-0.2, 0) is 20.9 Å². The van der Waals surface area contributed by atoms with Crippen LogP contribution < -0.4 is 14.3 Å². The summed E-state index contributed by atoms with van der Waals surface area (Å²) in [6.45, 7) is 3.33. The van der Waals surface area contributed by atoms with E-state index >= 15 is 0 Å². The number of carbonyl (C=O) groups excluding carboxylic acids is 2. The monoisotopic (exact) mass is 364 g/mol. The number of benzene rings is 1. The highest BCUT2D eigenvalue weighted by atomic mass is 32.1. The summed E-state index contributed by atoms with van der Waals surface area (Å²) >= 11 is 1.40. The molecule has 0 fully saturated rings. The summed E-state index contributed by atoms with van der Waals surface area (Å²) in [6.07, 6.45) is 1.34. The van der Waals surface area contributed by atoms with Crippen molar-refractivity contribution in [3.63, 3.8) is 0 Å². The molecule has 0 saturated heterocycles. The third kappa shape index (κ3) is 3.84. The largest absolute Gasteiger partial charge is 0.486 e. The van der Waals surface area contributed by atoms with Gasteiger partial charge in [0.1, 0.15) is 13.2 Å². The maximum Gasteiger partial charge on any atom is 0.307 e. The van der Waals surface area contributed by atoms with Crippen LogP contribution in [-0.4, -0.2) is 36.8 Å². The highest BCUT2D eigenvalue weighted by Crippen LogP contribution is 2.35. The van der Waals surface area contributed by atoms with E-state index in [4.69, 9.17) is 14.2 Å². The van der Waals surface area contributed by atoms with Crippen molar-refractivity contribution in [2.45, 2.75) is 32.7 Å². The Morgan fingerprint density at radius 1 is 1.24 bits per heavy atom. The van der Waals surface area contributed by atoms with E-state index in [9.17, 15) is 9.59 Å². The molecule has 0 aliphatic carbocycles.